The summed E-state index contributed by atoms with van der Waals surface area (Å²) in [5, 5.41) is 0.940. The van der Waals surface area contributed by atoms with E-state index in [9.17, 15) is 13.6 Å². The number of rotatable bonds is 4. The molecule has 3 aromatic carbocycles. The number of carbonyl (C=O) groups excluding carboxylic acids is 1. The Bertz CT molecular complexity index is 1260. The van der Waals surface area contributed by atoms with E-state index in [-0.39, 0.29) is 24.1 Å². The first-order chi connectivity index (χ1) is 14.6. The number of hydrogen-bond donors (Lipinski definition) is 0. The zero-order valence-corrected chi connectivity index (χ0v) is 16.3. The lowest BCUT2D eigenvalue weighted by Gasteiger charge is -2.21. The summed E-state index contributed by atoms with van der Waals surface area (Å²) in [6, 6.07) is 18.8. The van der Waals surface area contributed by atoms with E-state index in [1.165, 1.54) is 18.2 Å². The van der Waals surface area contributed by atoms with Crippen LogP contribution in [-0.2, 0) is 19.5 Å². The number of amides is 1. The number of hydrogen-bond acceptors (Lipinski definition) is 1. The molecule has 2 heterocycles. The Morgan fingerprint density at radius 3 is 2.57 bits per heavy atom. The fraction of sp³-hybridized carbons (Fsp3) is 0.160. The van der Waals surface area contributed by atoms with Gasteiger partial charge < -0.3 is 9.47 Å². The summed E-state index contributed by atoms with van der Waals surface area (Å²) in [6.45, 7) is 1.29. The van der Waals surface area contributed by atoms with Crippen molar-refractivity contribution in [1.29, 1.82) is 0 Å². The van der Waals surface area contributed by atoms with Crippen molar-refractivity contribution < 1.29 is 13.6 Å². The molecule has 0 atom stereocenters. The quantitative estimate of drug-likeness (QED) is 0.463. The molecule has 0 radical (unpaired) electrons. The van der Waals surface area contributed by atoms with Gasteiger partial charge in [-0.25, -0.2) is 8.78 Å². The van der Waals surface area contributed by atoms with E-state index in [1.54, 1.807) is 29.2 Å². The number of carbonyl (C=O) groups is 1. The van der Waals surface area contributed by atoms with Gasteiger partial charge in [-0.3, -0.25) is 4.79 Å². The molecular formula is C25H20F2N2O. The molecule has 0 bridgehead atoms. The Morgan fingerprint density at radius 2 is 1.73 bits per heavy atom. The number of aromatic nitrogens is 1. The fourth-order valence-corrected chi connectivity index (χ4v) is 4.28. The smallest absolute Gasteiger partial charge is 0.254 e. The summed E-state index contributed by atoms with van der Waals surface area (Å²) >= 11 is 0. The summed E-state index contributed by atoms with van der Waals surface area (Å²) in [4.78, 5) is 15.0. The molecule has 30 heavy (non-hydrogen) atoms. The van der Waals surface area contributed by atoms with Crippen molar-refractivity contribution in [3.05, 3.63) is 107 Å². The van der Waals surface area contributed by atoms with Crippen LogP contribution in [0, 0.1) is 11.6 Å². The first kappa shape index (κ1) is 18.6. The molecule has 3 nitrogen and oxygen atoms in total. The first-order valence-corrected chi connectivity index (χ1v) is 9.98. The Kier molecular flexibility index (Phi) is 4.58. The number of nitrogens with zero attached hydrogens (tertiary/aromatic N) is 2. The van der Waals surface area contributed by atoms with Crippen LogP contribution in [-0.4, -0.2) is 21.9 Å². The van der Waals surface area contributed by atoms with Crippen molar-refractivity contribution in [2.45, 2.75) is 19.5 Å². The van der Waals surface area contributed by atoms with E-state index in [2.05, 4.69) is 10.8 Å². The summed E-state index contributed by atoms with van der Waals surface area (Å²) in [7, 11) is 0. The van der Waals surface area contributed by atoms with Gasteiger partial charge in [-0.2, -0.15) is 0 Å². The lowest BCUT2D eigenvalue weighted by Crippen LogP contribution is -2.31. The van der Waals surface area contributed by atoms with Crippen molar-refractivity contribution in [2.75, 3.05) is 6.54 Å². The maximum Gasteiger partial charge on any atom is 0.254 e. The van der Waals surface area contributed by atoms with Gasteiger partial charge in [0, 0.05) is 47.9 Å². The minimum Gasteiger partial charge on any atom is -0.343 e. The van der Waals surface area contributed by atoms with Crippen LogP contribution in [0.5, 0.6) is 0 Å². The predicted molar refractivity (Wildman–Crippen MR) is 112 cm³/mol. The van der Waals surface area contributed by atoms with Crippen LogP contribution in [0.4, 0.5) is 8.78 Å². The Labute approximate surface area is 173 Å². The van der Waals surface area contributed by atoms with Gasteiger partial charge in [0.25, 0.3) is 5.91 Å². The van der Waals surface area contributed by atoms with Gasteiger partial charge in [0.15, 0.2) is 0 Å². The molecule has 0 spiro atoms. The highest BCUT2D eigenvalue weighted by Gasteiger charge is 2.26. The van der Waals surface area contributed by atoms with E-state index < -0.39 is 0 Å². The molecule has 1 aliphatic rings. The molecule has 5 heteroatoms. The standard InChI is InChI=1S/C25H20F2N2O/c26-20-7-3-5-17(13-20)14-29-16-19-11-12-28(15-18-6-1-2-9-22(18)27)25(30)21-8-4-10-23(29)24(19)21/h1-10,13,16H,11-12,14-15H2. The van der Waals surface area contributed by atoms with Crippen molar-refractivity contribution in [3.8, 4) is 0 Å². The second-order valence-electron chi connectivity index (χ2n) is 7.68. The van der Waals surface area contributed by atoms with Crippen molar-refractivity contribution in [3.63, 3.8) is 0 Å². The minimum absolute atomic E-state index is 0.0916. The molecule has 0 saturated heterocycles. The van der Waals surface area contributed by atoms with Gasteiger partial charge >= 0.3 is 0 Å². The zero-order chi connectivity index (χ0) is 20.7. The average Bonchev–Trinajstić information content (AvgIpc) is 3.03. The fourth-order valence-electron chi connectivity index (χ4n) is 4.28. The van der Waals surface area contributed by atoms with Crippen molar-refractivity contribution in [1.82, 2.24) is 9.47 Å². The summed E-state index contributed by atoms with van der Waals surface area (Å²) in [5.41, 5.74) is 4.05. The molecule has 1 amide bonds. The average molecular weight is 402 g/mol. The van der Waals surface area contributed by atoms with E-state index in [1.807, 2.05) is 24.3 Å². The summed E-state index contributed by atoms with van der Waals surface area (Å²) < 4.78 is 29.8. The molecule has 0 saturated carbocycles. The Morgan fingerprint density at radius 1 is 0.900 bits per heavy atom. The van der Waals surface area contributed by atoms with E-state index >= 15 is 0 Å². The van der Waals surface area contributed by atoms with E-state index in [0.29, 0.717) is 30.6 Å². The van der Waals surface area contributed by atoms with Crippen LogP contribution in [0.3, 0.4) is 0 Å². The largest absolute Gasteiger partial charge is 0.343 e. The molecule has 0 fully saturated rings. The van der Waals surface area contributed by atoms with Gasteiger partial charge in [-0.1, -0.05) is 36.4 Å². The molecule has 5 rings (SSSR count). The van der Waals surface area contributed by atoms with Crippen LogP contribution < -0.4 is 0 Å². The number of benzene rings is 3. The molecule has 1 aliphatic heterocycles. The van der Waals surface area contributed by atoms with E-state index in [0.717, 1.165) is 22.0 Å². The lowest BCUT2D eigenvalue weighted by molar-refractivity contribution is 0.0749. The van der Waals surface area contributed by atoms with Gasteiger partial charge in [-0.05, 0) is 47.9 Å². The molecule has 1 aromatic heterocycles. The summed E-state index contributed by atoms with van der Waals surface area (Å²) in [5.74, 6) is -0.649. The van der Waals surface area contributed by atoms with Gasteiger partial charge in [0.1, 0.15) is 11.6 Å². The highest BCUT2D eigenvalue weighted by molar-refractivity contribution is 6.08. The van der Waals surface area contributed by atoms with Gasteiger partial charge in [0.2, 0.25) is 0 Å². The predicted octanol–water partition coefficient (Wildman–Crippen LogP) is 5.17. The highest BCUT2D eigenvalue weighted by Crippen LogP contribution is 2.30. The third-order valence-electron chi connectivity index (χ3n) is 5.71. The maximum absolute atomic E-state index is 14.1. The van der Waals surface area contributed by atoms with Crippen LogP contribution >= 0.6 is 0 Å². The highest BCUT2D eigenvalue weighted by atomic mass is 19.1. The van der Waals surface area contributed by atoms with Crippen molar-refractivity contribution in [2.24, 2.45) is 0 Å². The molecule has 0 aliphatic carbocycles. The van der Waals surface area contributed by atoms with Gasteiger partial charge in [-0.15, -0.1) is 0 Å². The van der Waals surface area contributed by atoms with Crippen LogP contribution in [0.25, 0.3) is 10.9 Å². The number of halogens is 2. The van der Waals surface area contributed by atoms with Gasteiger partial charge in [0.05, 0.1) is 0 Å². The zero-order valence-electron chi connectivity index (χ0n) is 16.3. The monoisotopic (exact) mass is 402 g/mol. The molecule has 0 N–H and O–H groups in total. The van der Waals surface area contributed by atoms with Crippen molar-refractivity contribution >= 4 is 16.8 Å². The maximum atomic E-state index is 14.1. The Hall–Kier alpha value is -3.47. The van der Waals surface area contributed by atoms with E-state index in [4.69, 9.17) is 0 Å². The van der Waals surface area contributed by atoms with Crippen LogP contribution in [0.1, 0.15) is 27.0 Å². The van der Waals surface area contributed by atoms with Crippen LogP contribution in [0.15, 0.2) is 72.9 Å². The molecular weight excluding hydrogens is 382 g/mol. The summed E-state index contributed by atoms with van der Waals surface area (Å²) in [6.07, 6.45) is 2.74. The third kappa shape index (κ3) is 3.26. The molecule has 150 valence electrons. The molecule has 0 unspecified atom stereocenters. The second kappa shape index (κ2) is 7.41. The third-order valence-corrected chi connectivity index (χ3v) is 5.71. The lowest BCUT2D eigenvalue weighted by atomic mass is 10.1. The normalized spacial score (nSPS) is 13.7. The Balaban J connectivity index is 1.52. The molecule has 4 aromatic rings. The topological polar surface area (TPSA) is 25.2 Å². The SMILES string of the molecule is O=C1c2cccc3c2c(cn3Cc2cccc(F)c2)CCN1Cc1ccccc1F. The van der Waals surface area contributed by atoms with Crippen LogP contribution in [0.2, 0.25) is 0 Å². The first-order valence-electron chi connectivity index (χ1n) is 9.98. The second-order valence-corrected chi connectivity index (χ2v) is 7.68. The minimum atomic E-state index is -0.298.